The zero-order valence-corrected chi connectivity index (χ0v) is 25.2. The van der Waals surface area contributed by atoms with Crippen LogP contribution in [0.1, 0.15) is 98.3 Å². The van der Waals surface area contributed by atoms with Gasteiger partial charge in [-0.25, -0.2) is 0 Å². The summed E-state index contributed by atoms with van der Waals surface area (Å²) in [5.74, 6) is 2.22. The summed E-state index contributed by atoms with van der Waals surface area (Å²) in [7, 11) is 0. The molecular weight excluding hydrogens is 641 g/mol. The summed E-state index contributed by atoms with van der Waals surface area (Å²) >= 11 is 0. The summed E-state index contributed by atoms with van der Waals surface area (Å²) in [6.07, 6.45) is 17.4. The molecule has 0 saturated heterocycles. The van der Waals surface area contributed by atoms with Gasteiger partial charge in [0, 0.05) is 38.2 Å². The van der Waals surface area contributed by atoms with E-state index in [0.717, 1.165) is 11.4 Å². The predicted octanol–water partition coefficient (Wildman–Crippen LogP) is 9.72. The van der Waals surface area contributed by atoms with Crippen molar-refractivity contribution in [3.05, 3.63) is 95.3 Å². The van der Waals surface area contributed by atoms with Crippen LogP contribution in [-0.2, 0) is 20.1 Å². The second-order valence-electron chi connectivity index (χ2n) is 11.4. The predicted molar refractivity (Wildman–Crippen MR) is 154 cm³/mol. The normalized spacial score (nSPS) is 16.8. The standard InChI is InChI=1S/C35H39N2.Ir/c1-25-20-26(2)22-30(21-25)31-23-32(27-12-6-3-7-13-27)34(33(24-31)28-14-8-4-9-15-28)37-19-18-36-35(37)29-16-10-5-11-17-29;/h5,10-11,16,18-24,27-28H,3-4,6-9,12-15H2,1-2H3;/q-1;. The molecule has 2 nitrogen and oxygen atoms in total. The number of benzene rings is 3. The number of aromatic nitrogens is 2. The third-order valence-electron chi connectivity index (χ3n) is 8.65. The van der Waals surface area contributed by atoms with Crippen molar-refractivity contribution < 1.29 is 20.1 Å². The fraction of sp³-hybridized carbons (Fsp3) is 0.400. The van der Waals surface area contributed by atoms with E-state index in [1.54, 1.807) is 0 Å². The van der Waals surface area contributed by atoms with Crippen LogP contribution in [-0.4, -0.2) is 9.55 Å². The van der Waals surface area contributed by atoms with Gasteiger partial charge in [-0.2, -0.15) is 0 Å². The van der Waals surface area contributed by atoms with Gasteiger partial charge in [-0.3, -0.25) is 4.98 Å². The molecule has 2 aliphatic carbocycles. The Bertz CT molecular complexity index is 1300. The molecule has 0 spiro atoms. The van der Waals surface area contributed by atoms with E-state index in [2.05, 4.69) is 73.1 Å². The van der Waals surface area contributed by atoms with Crippen molar-refractivity contribution in [2.24, 2.45) is 0 Å². The molecule has 0 bridgehead atoms. The van der Waals surface area contributed by atoms with Crippen molar-refractivity contribution in [2.75, 3.05) is 0 Å². The Morgan fingerprint density at radius 1 is 0.737 bits per heavy atom. The number of nitrogens with zero attached hydrogens (tertiary/aromatic N) is 2. The monoisotopic (exact) mass is 680 g/mol. The Morgan fingerprint density at radius 2 is 1.32 bits per heavy atom. The fourth-order valence-corrected chi connectivity index (χ4v) is 6.93. The summed E-state index contributed by atoms with van der Waals surface area (Å²) < 4.78 is 2.41. The SMILES string of the molecule is Cc1cc(C)cc(-c2cc(C3CCCCC3)c(-n3ccnc3-c3[c-]cccc3)c(C3CCCCC3)c2)c1.[Ir]. The molecule has 0 N–H and O–H groups in total. The van der Waals surface area contributed by atoms with Crippen molar-refractivity contribution in [3.8, 4) is 28.2 Å². The summed E-state index contributed by atoms with van der Waals surface area (Å²) in [4.78, 5) is 4.87. The molecule has 0 aliphatic heterocycles. The zero-order chi connectivity index (χ0) is 25.2. The molecule has 38 heavy (non-hydrogen) atoms. The van der Waals surface area contributed by atoms with Gasteiger partial charge < -0.3 is 4.57 Å². The maximum Gasteiger partial charge on any atom is 0.0602 e. The number of hydrogen-bond donors (Lipinski definition) is 0. The molecule has 4 aromatic rings. The molecule has 2 saturated carbocycles. The molecule has 199 valence electrons. The van der Waals surface area contributed by atoms with Gasteiger partial charge in [0.05, 0.1) is 5.82 Å². The minimum Gasteiger partial charge on any atom is -0.340 e. The van der Waals surface area contributed by atoms with Crippen molar-refractivity contribution >= 4 is 0 Å². The average Bonchev–Trinajstić information content (AvgIpc) is 3.43. The van der Waals surface area contributed by atoms with Crippen LogP contribution in [0, 0.1) is 19.9 Å². The molecule has 1 heterocycles. The fourth-order valence-electron chi connectivity index (χ4n) is 6.93. The Kier molecular flexibility index (Phi) is 8.66. The first-order valence-electron chi connectivity index (χ1n) is 14.4. The molecule has 2 fully saturated rings. The van der Waals surface area contributed by atoms with Crippen molar-refractivity contribution in [2.45, 2.75) is 89.9 Å². The molecular formula is C35H39IrN2-. The molecule has 6 rings (SSSR count). The van der Waals surface area contributed by atoms with Crippen LogP contribution in [0.2, 0.25) is 0 Å². The molecule has 3 aromatic carbocycles. The van der Waals surface area contributed by atoms with Gasteiger partial charge in [-0.05, 0) is 85.8 Å². The van der Waals surface area contributed by atoms with E-state index < -0.39 is 0 Å². The first-order valence-corrected chi connectivity index (χ1v) is 14.4. The van der Waals surface area contributed by atoms with Crippen molar-refractivity contribution in [1.29, 1.82) is 0 Å². The number of imidazole rings is 1. The molecule has 2 aliphatic rings. The van der Waals surface area contributed by atoms with Crippen LogP contribution >= 0.6 is 0 Å². The molecule has 0 unspecified atom stereocenters. The first-order chi connectivity index (χ1) is 18.2. The first kappa shape index (κ1) is 27.1. The third kappa shape index (κ3) is 5.61. The molecule has 0 atom stereocenters. The van der Waals surface area contributed by atoms with E-state index in [0.29, 0.717) is 11.8 Å². The summed E-state index contributed by atoms with van der Waals surface area (Å²) in [6, 6.07) is 23.8. The van der Waals surface area contributed by atoms with Crippen LogP contribution < -0.4 is 0 Å². The van der Waals surface area contributed by atoms with E-state index in [9.17, 15) is 0 Å². The minimum atomic E-state index is 0. The second-order valence-corrected chi connectivity index (χ2v) is 11.4. The van der Waals surface area contributed by atoms with Crippen LogP contribution in [0.5, 0.6) is 0 Å². The van der Waals surface area contributed by atoms with Crippen LogP contribution in [0.15, 0.2) is 67.0 Å². The Morgan fingerprint density at radius 3 is 1.87 bits per heavy atom. The van der Waals surface area contributed by atoms with Crippen LogP contribution in [0.4, 0.5) is 0 Å². The number of aryl methyl sites for hydroxylation is 2. The number of rotatable bonds is 5. The van der Waals surface area contributed by atoms with E-state index in [-0.39, 0.29) is 20.1 Å². The van der Waals surface area contributed by atoms with Crippen LogP contribution in [0.3, 0.4) is 0 Å². The van der Waals surface area contributed by atoms with E-state index in [1.807, 2.05) is 18.3 Å². The van der Waals surface area contributed by atoms with E-state index >= 15 is 0 Å². The molecule has 1 aromatic heterocycles. The van der Waals surface area contributed by atoms with Gasteiger partial charge >= 0.3 is 0 Å². The van der Waals surface area contributed by atoms with Crippen molar-refractivity contribution in [1.82, 2.24) is 9.55 Å². The van der Waals surface area contributed by atoms with Gasteiger partial charge in [-0.15, -0.1) is 35.9 Å². The maximum atomic E-state index is 4.87. The van der Waals surface area contributed by atoms with E-state index in [4.69, 9.17) is 4.98 Å². The summed E-state index contributed by atoms with van der Waals surface area (Å²) in [5.41, 5.74) is 11.0. The quantitative estimate of drug-likeness (QED) is 0.192. The Hall–Kier alpha value is -2.48. The second kappa shape index (κ2) is 12.1. The zero-order valence-electron chi connectivity index (χ0n) is 22.8. The van der Waals surface area contributed by atoms with Gasteiger partial charge in [0.1, 0.15) is 0 Å². The Balaban J connectivity index is 0.00000294. The van der Waals surface area contributed by atoms with E-state index in [1.165, 1.54) is 103 Å². The smallest absolute Gasteiger partial charge is 0.0602 e. The number of hydrogen-bond acceptors (Lipinski definition) is 1. The van der Waals surface area contributed by atoms with Crippen LogP contribution in [0.25, 0.3) is 28.2 Å². The van der Waals surface area contributed by atoms with Gasteiger partial charge in [0.25, 0.3) is 0 Å². The molecule has 1 radical (unpaired) electrons. The van der Waals surface area contributed by atoms with Crippen molar-refractivity contribution in [3.63, 3.8) is 0 Å². The summed E-state index contributed by atoms with van der Waals surface area (Å²) in [5, 5.41) is 0. The third-order valence-corrected chi connectivity index (χ3v) is 8.65. The van der Waals surface area contributed by atoms with Gasteiger partial charge in [-0.1, -0.05) is 67.9 Å². The van der Waals surface area contributed by atoms with Gasteiger partial charge in [0.15, 0.2) is 0 Å². The molecule has 0 amide bonds. The average molecular weight is 680 g/mol. The maximum absolute atomic E-state index is 4.87. The Labute approximate surface area is 242 Å². The minimum absolute atomic E-state index is 0. The largest absolute Gasteiger partial charge is 0.340 e. The topological polar surface area (TPSA) is 17.8 Å². The van der Waals surface area contributed by atoms with Gasteiger partial charge in [0.2, 0.25) is 0 Å². The summed E-state index contributed by atoms with van der Waals surface area (Å²) in [6.45, 7) is 4.45. The molecule has 3 heteroatoms.